The Bertz CT molecular complexity index is 187. The lowest BCUT2D eigenvalue weighted by atomic mass is 10.1. The molecule has 1 rings (SSSR count). The van der Waals surface area contributed by atoms with Crippen LogP contribution in [0.1, 0.15) is 40.0 Å². The van der Waals surface area contributed by atoms with E-state index in [0.717, 1.165) is 38.1 Å². The van der Waals surface area contributed by atoms with Gasteiger partial charge < -0.3 is 15.0 Å². The summed E-state index contributed by atoms with van der Waals surface area (Å²) in [5.41, 5.74) is 0. The van der Waals surface area contributed by atoms with E-state index >= 15 is 0 Å². The van der Waals surface area contributed by atoms with Crippen molar-refractivity contribution in [2.24, 2.45) is 11.8 Å². The largest absolute Gasteiger partial charge is 0.381 e. The maximum Gasteiger partial charge on any atom is 0.0478 e. The monoisotopic (exact) mass is 256 g/mol. The first-order chi connectivity index (χ1) is 8.72. The lowest BCUT2D eigenvalue weighted by Gasteiger charge is -2.31. The van der Waals surface area contributed by atoms with Crippen LogP contribution in [0.2, 0.25) is 0 Å². The summed E-state index contributed by atoms with van der Waals surface area (Å²) >= 11 is 0. The van der Waals surface area contributed by atoms with Gasteiger partial charge in [-0.3, -0.25) is 0 Å². The van der Waals surface area contributed by atoms with Gasteiger partial charge in [0.15, 0.2) is 0 Å². The van der Waals surface area contributed by atoms with Crippen LogP contribution in [0.3, 0.4) is 0 Å². The Morgan fingerprint density at radius 3 is 2.28 bits per heavy atom. The van der Waals surface area contributed by atoms with Crippen molar-refractivity contribution in [1.82, 2.24) is 10.2 Å². The van der Waals surface area contributed by atoms with Gasteiger partial charge in [0.05, 0.1) is 0 Å². The molecule has 0 radical (unpaired) electrons. The second-order valence-corrected chi connectivity index (χ2v) is 5.95. The normalized spacial score (nSPS) is 26.8. The van der Waals surface area contributed by atoms with Crippen LogP contribution < -0.4 is 5.32 Å². The van der Waals surface area contributed by atoms with Crippen molar-refractivity contribution in [3.05, 3.63) is 0 Å². The zero-order chi connectivity index (χ0) is 13.2. The van der Waals surface area contributed by atoms with Gasteiger partial charge in [-0.2, -0.15) is 0 Å². The van der Waals surface area contributed by atoms with Crippen LogP contribution in [0.25, 0.3) is 0 Å². The number of ether oxygens (including phenoxy) is 1. The van der Waals surface area contributed by atoms with E-state index in [1.165, 1.54) is 38.9 Å². The summed E-state index contributed by atoms with van der Waals surface area (Å²) in [5.74, 6) is 1.53. The minimum absolute atomic E-state index is 0.763. The number of nitrogens with zero attached hydrogens (tertiary/aromatic N) is 1. The summed E-state index contributed by atoms with van der Waals surface area (Å²) in [5, 5.41) is 3.55. The lowest BCUT2D eigenvalue weighted by Crippen LogP contribution is -2.43. The summed E-state index contributed by atoms with van der Waals surface area (Å²) in [6, 6.07) is 0. The molecule has 0 spiro atoms. The van der Waals surface area contributed by atoms with Crippen molar-refractivity contribution in [3.63, 3.8) is 0 Å². The van der Waals surface area contributed by atoms with E-state index in [1.54, 1.807) is 0 Å². The molecule has 1 N–H and O–H groups in total. The van der Waals surface area contributed by atoms with Crippen LogP contribution in [-0.4, -0.2) is 50.8 Å². The molecule has 0 bridgehead atoms. The highest BCUT2D eigenvalue weighted by atomic mass is 16.5. The maximum atomic E-state index is 5.64. The Kier molecular flexibility index (Phi) is 8.64. The van der Waals surface area contributed by atoms with Crippen molar-refractivity contribution in [1.29, 1.82) is 0 Å². The van der Waals surface area contributed by atoms with Gasteiger partial charge in [0.2, 0.25) is 0 Å². The molecular formula is C15H32N2O. The minimum atomic E-state index is 0.763. The Balaban J connectivity index is 2.13. The first kappa shape index (κ1) is 15.9. The number of unbranched alkanes of at least 4 members (excludes halogenated alkanes) is 1. The molecule has 1 heterocycles. The highest BCUT2D eigenvalue weighted by Crippen LogP contribution is 2.08. The molecule has 1 aliphatic rings. The SMILES string of the molecule is CCCCOCCCN1CC(C)CNCC(C)C1. The average Bonchev–Trinajstić information content (AvgIpc) is 2.31. The van der Waals surface area contributed by atoms with Crippen molar-refractivity contribution in [2.75, 3.05) is 45.9 Å². The number of rotatable bonds is 7. The van der Waals surface area contributed by atoms with Gasteiger partial charge in [-0.25, -0.2) is 0 Å². The molecule has 0 aromatic carbocycles. The maximum absolute atomic E-state index is 5.64. The van der Waals surface area contributed by atoms with Crippen LogP contribution in [-0.2, 0) is 4.74 Å². The molecule has 108 valence electrons. The Morgan fingerprint density at radius 2 is 1.67 bits per heavy atom. The molecule has 3 nitrogen and oxygen atoms in total. The Labute approximate surface area is 113 Å². The lowest BCUT2D eigenvalue weighted by molar-refractivity contribution is 0.110. The van der Waals surface area contributed by atoms with E-state index in [0.29, 0.717) is 0 Å². The molecule has 3 heteroatoms. The average molecular weight is 256 g/mol. The Morgan fingerprint density at radius 1 is 1.06 bits per heavy atom. The molecule has 0 aromatic heterocycles. The number of hydrogen-bond donors (Lipinski definition) is 1. The first-order valence-corrected chi connectivity index (χ1v) is 7.73. The summed E-state index contributed by atoms with van der Waals surface area (Å²) < 4.78 is 5.64. The highest BCUT2D eigenvalue weighted by molar-refractivity contribution is 4.72. The van der Waals surface area contributed by atoms with Crippen molar-refractivity contribution in [3.8, 4) is 0 Å². The van der Waals surface area contributed by atoms with Gasteiger partial charge in [-0.1, -0.05) is 27.2 Å². The van der Waals surface area contributed by atoms with Gasteiger partial charge in [-0.05, 0) is 37.8 Å². The molecule has 0 amide bonds. The zero-order valence-corrected chi connectivity index (χ0v) is 12.6. The second kappa shape index (κ2) is 9.76. The predicted molar refractivity (Wildman–Crippen MR) is 78.0 cm³/mol. The topological polar surface area (TPSA) is 24.5 Å². The minimum Gasteiger partial charge on any atom is -0.381 e. The van der Waals surface area contributed by atoms with Crippen LogP contribution >= 0.6 is 0 Å². The van der Waals surface area contributed by atoms with E-state index in [-0.39, 0.29) is 0 Å². The molecule has 2 atom stereocenters. The summed E-state index contributed by atoms with van der Waals surface area (Å²) in [7, 11) is 0. The molecule has 18 heavy (non-hydrogen) atoms. The van der Waals surface area contributed by atoms with Crippen LogP contribution in [0.5, 0.6) is 0 Å². The molecule has 2 unspecified atom stereocenters. The van der Waals surface area contributed by atoms with E-state index in [2.05, 4.69) is 31.0 Å². The molecule has 1 saturated heterocycles. The summed E-state index contributed by atoms with van der Waals surface area (Å²) in [4.78, 5) is 2.62. The van der Waals surface area contributed by atoms with Crippen LogP contribution in [0, 0.1) is 11.8 Å². The highest BCUT2D eigenvalue weighted by Gasteiger charge is 2.16. The number of hydrogen-bond acceptors (Lipinski definition) is 3. The summed E-state index contributed by atoms with van der Waals surface area (Å²) in [6.07, 6.45) is 3.61. The van der Waals surface area contributed by atoms with E-state index in [1.807, 2.05) is 0 Å². The van der Waals surface area contributed by atoms with E-state index < -0.39 is 0 Å². The molecule has 0 aromatic rings. The smallest absolute Gasteiger partial charge is 0.0478 e. The third kappa shape index (κ3) is 7.34. The van der Waals surface area contributed by atoms with Crippen LogP contribution in [0.4, 0.5) is 0 Å². The second-order valence-electron chi connectivity index (χ2n) is 5.95. The van der Waals surface area contributed by atoms with E-state index in [9.17, 15) is 0 Å². The molecular weight excluding hydrogens is 224 g/mol. The van der Waals surface area contributed by atoms with Gasteiger partial charge in [0, 0.05) is 32.8 Å². The van der Waals surface area contributed by atoms with Crippen LogP contribution in [0.15, 0.2) is 0 Å². The number of nitrogens with one attached hydrogen (secondary N) is 1. The van der Waals surface area contributed by atoms with Gasteiger partial charge in [0.1, 0.15) is 0 Å². The van der Waals surface area contributed by atoms with E-state index in [4.69, 9.17) is 4.74 Å². The van der Waals surface area contributed by atoms with Crippen molar-refractivity contribution in [2.45, 2.75) is 40.0 Å². The zero-order valence-electron chi connectivity index (χ0n) is 12.6. The van der Waals surface area contributed by atoms with Crippen molar-refractivity contribution >= 4 is 0 Å². The van der Waals surface area contributed by atoms with Gasteiger partial charge >= 0.3 is 0 Å². The third-order valence-corrected chi connectivity index (χ3v) is 3.53. The quantitative estimate of drug-likeness (QED) is 0.708. The van der Waals surface area contributed by atoms with Gasteiger partial charge in [0.25, 0.3) is 0 Å². The predicted octanol–water partition coefficient (Wildman–Crippen LogP) is 2.37. The van der Waals surface area contributed by atoms with Gasteiger partial charge in [-0.15, -0.1) is 0 Å². The standard InChI is InChI=1S/C15H32N2O/c1-4-5-8-18-9-6-7-17-12-14(2)10-16-11-15(3)13-17/h14-16H,4-13H2,1-3H3. The fraction of sp³-hybridized carbons (Fsp3) is 1.00. The molecule has 0 aliphatic carbocycles. The first-order valence-electron chi connectivity index (χ1n) is 7.73. The molecule has 0 saturated carbocycles. The van der Waals surface area contributed by atoms with Crippen molar-refractivity contribution < 1.29 is 4.74 Å². The fourth-order valence-corrected chi connectivity index (χ4v) is 2.58. The fourth-order valence-electron chi connectivity index (χ4n) is 2.58. The molecule has 1 aliphatic heterocycles. The molecule has 1 fully saturated rings. The third-order valence-electron chi connectivity index (χ3n) is 3.53. The summed E-state index contributed by atoms with van der Waals surface area (Å²) in [6.45, 7) is 14.7. The Hall–Kier alpha value is -0.120.